The maximum Gasteiger partial charge on any atom is 0.227 e. The molecule has 0 fully saturated rings. The lowest BCUT2D eigenvalue weighted by atomic mass is 10.0. The summed E-state index contributed by atoms with van der Waals surface area (Å²) in [5.41, 5.74) is 0.679. The Labute approximate surface area is 113 Å². The number of fused-ring (bicyclic) bond motifs is 1. The van der Waals surface area contributed by atoms with Gasteiger partial charge >= 0.3 is 0 Å². The van der Waals surface area contributed by atoms with Crippen molar-refractivity contribution >= 4 is 32.5 Å². The van der Waals surface area contributed by atoms with Gasteiger partial charge in [0, 0.05) is 16.5 Å². The number of rotatable bonds is 2. The topological polar surface area (TPSA) is 26.3 Å². The Balaban J connectivity index is 2.03. The van der Waals surface area contributed by atoms with E-state index in [-0.39, 0.29) is 5.78 Å². The van der Waals surface area contributed by atoms with Crippen LogP contribution in [0.25, 0.3) is 10.8 Å². The highest BCUT2D eigenvalue weighted by Gasteiger charge is 2.17. The van der Waals surface area contributed by atoms with E-state index in [1.807, 2.05) is 42.5 Å². The summed E-state index contributed by atoms with van der Waals surface area (Å²) in [4.78, 5) is 12.2. The highest BCUT2D eigenvalue weighted by atomic mass is 79.9. The van der Waals surface area contributed by atoms with Crippen LogP contribution in [0.15, 0.2) is 52.7 Å². The molecular weight excluding hydrogens is 292 g/mol. The minimum Gasteiger partial charge on any atom is -0.489 e. The second-order valence-electron chi connectivity index (χ2n) is 4.24. The number of hydrogen-bond donors (Lipinski definition) is 0. The molecule has 2 nitrogen and oxygen atoms in total. The van der Waals surface area contributed by atoms with E-state index in [2.05, 4.69) is 15.9 Å². The van der Waals surface area contributed by atoms with E-state index in [4.69, 9.17) is 4.74 Å². The number of Topliss-reactive ketones (excluding diaryl/α,β-unsaturated/α-hetero) is 1. The highest BCUT2D eigenvalue weighted by Crippen LogP contribution is 2.23. The van der Waals surface area contributed by atoms with Crippen LogP contribution in [0.5, 0.6) is 0 Å². The molecule has 0 radical (unpaired) electrons. The summed E-state index contributed by atoms with van der Waals surface area (Å²) in [6, 6.07) is 11.7. The van der Waals surface area contributed by atoms with Crippen LogP contribution in [0.2, 0.25) is 0 Å². The second kappa shape index (κ2) is 4.58. The van der Waals surface area contributed by atoms with E-state index in [0.717, 1.165) is 21.7 Å². The predicted molar refractivity (Wildman–Crippen MR) is 74.6 cm³/mol. The normalized spacial score (nSPS) is 14.4. The summed E-state index contributed by atoms with van der Waals surface area (Å²) >= 11 is 3.44. The molecule has 0 saturated heterocycles. The molecule has 0 amide bonds. The first-order valence-electron chi connectivity index (χ1n) is 5.81. The van der Waals surface area contributed by atoms with Gasteiger partial charge in [0.2, 0.25) is 5.78 Å². The zero-order chi connectivity index (χ0) is 12.5. The molecule has 0 N–H and O–H groups in total. The summed E-state index contributed by atoms with van der Waals surface area (Å²) in [5, 5.41) is 2.17. The van der Waals surface area contributed by atoms with Gasteiger partial charge in [-0.1, -0.05) is 34.1 Å². The average Bonchev–Trinajstić information content (AvgIpc) is 2.91. The number of halogens is 1. The van der Waals surface area contributed by atoms with Crippen molar-refractivity contribution in [3.63, 3.8) is 0 Å². The molecule has 0 unspecified atom stereocenters. The van der Waals surface area contributed by atoms with E-state index >= 15 is 0 Å². The van der Waals surface area contributed by atoms with Gasteiger partial charge in [-0.3, -0.25) is 4.79 Å². The second-order valence-corrected chi connectivity index (χ2v) is 5.16. The van der Waals surface area contributed by atoms with Crippen LogP contribution < -0.4 is 0 Å². The lowest BCUT2D eigenvalue weighted by Gasteiger charge is -2.05. The van der Waals surface area contributed by atoms with Crippen LogP contribution in [0.1, 0.15) is 16.8 Å². The Hall–Kier alpha value is -1.61. The molecule has 3 rings (SSSR count). The fraction of sp³-hybridized carbons (Fsp3) is 0.133. The van der Waals surface area contributed by atoms with Crippen LogP contribution in [0.4, 0.5) is 0 Å². The van der Waals surface area contributed by atoms with Gasteiger partial charge in [-0.05, 0) is 35.0 Å². The van der Waals surface area contributed by atoms with Gasteiger partial charge in [0.05, 0.1) is 6.61 Å². The minimum atomic E-state index is -0.0303. The van der Waals surface area contributed by atoms with Crippen molar-refractivity contribution in [2.75, 3.05) is 6.61 Å². The molecule has 0 atom stereocenters. The lowest BCUT2D eigenvalue weighted by Crippen LogP contribution is -2.03. The number of hydrogen-bond acceptors (Lipinski definition) is 2. The molecule has 0 aromatic heterocycles. The van der Waals surface area contributed by atoms with Crippen molar-refractivity contribution in [3.8, 4) is 0 Å². The van der Waals surface area contributed by atoms with E-state index in [9.17, 15) is 4.79 Å². The van der Waals surface area contributed by atoms with Gasteiger partial charge in [0.15, 0.2) is 5.76 Å². The maximum atomic E-state index is 12.2. The molecule has 0 saturated carbocycles. The van der Waals surface area contributed by atoms with Crippen molar-refractivity contribution in [3.05, 3.63) is 58.3 Å². The third kappa shape index (κ3) is 2.06. The molecule has 1 heterocycles. The molecule has 90 valence electrons. The monoisotopic (exact) mass is 302 g/mol. The van der Waals surface area contributed by atoms with Crippen molar-refractivity contribution in [2.24, 2.45) is 0 Å². The Morgan fingerprint density at radius 2 is 1.89 bits per heavy atom. The summed E-state index contributed by atoms with van der Waals surface area (Å²) in [7, 11) is 0. The minimum absolute atomic E-state index is 0.0303. The van der Waals surface area contributed by atoms with Crippen LogP contribution in [0.3, 0.4) is 0 Å². The van der Waals surface area contributed by atoms with Gasteiger partial charge in [-0.15, -0.1) is 0 Å². The quantitative estimate of drug-likeness (QED) is 0.781. The molecule has 0 bridgehead atoms. The van der Waals surface area contributed by atoms with E-state index < -0.39 is 0 Å². The molecule has 2 aromatic rings. The third-order valence-electron chi connectivity index (χ3n) is 2.99. The molecule has 1 aliphatic rings. The number of allylic oxidation sites excluding steroid dienone is 1. The molecule has 3 heteroatoms. The summed E-state index contributed by atoms with van der Waals surface area (Å²) in [5.74, 6) is 0.448. The number of benzene rings is 2. The smallest absolute Gasteiger partial charge is 0.227 e. The number of carbonyl (C=O) groups excluding carboxylic acids is 1. The van der Waals surface area contributed by atoms with Gasteiger partial charge < -0.3 is 4.74 Å². The van der Waals surface area contributed by atoms with Crippen molar-refractivity contribution in [2.45, 2.75) is 6.42 Å². The first-order chi connectivity index (χ1) is 8.74. The highest BCUT2D eigenvalue weighted by molar-refractivity contribution is 9.10. The summed E-state index contributed by atoms with van der Waals surface area (Å²) in [6.45, 7) is 0.613. The SMILES string of the molecule is O=C(C1=CCCO1)c1ccc2cc(Br)ccc2c1. The van der Waals surface area contributed by atoms with E-state index in [0.29, 0.717) is 17.9 Å². The Bertz CT molecular complexity index is 659. The number of ether oxygens (including phenoxy) is 1. The van der Waals surface area contributed by atoms with Crippen molar-refractivity contribution in [1.82, 2.24) is 0 Å². The van der Waals surface area contributed by atoms with Crippen LogP contribution in [-0.4, -0.2) is 12.4 Å². The molecular formula is C15H11BrO2. The Morgan fingerprint density at radius 3 is 2.67 bits per heavy atom. The summed E-state index contributed by atoms with van der Waals surface area (Å²) in [6.07, 6.45) is 2.68. The zero-order valence-electron chi connectivity index (χ0n) is 9.65. The van der Waals surface area contributed by atoms with Gasteiger partial charge in [-0.2, -0.15) is 0 Å². The third-order valence-corrected chi connectivity index (χ3v) is 3.49. The predicted octanol–water partition coefficient (Wildman–Crippen LogP) is 4.09. The first-order valence-corrected chi connectivity index (χ1v) is 6.60. The largest absolute Gasteiger partial charge is 0.489 e. The number of carbonyl (C=O) groups is 1. The molecule has 0 spiro atoms. The standard InChI is InChI=1S/C15H11BrO2/c16-13-6-5-10-8-12(4-3-11(10)9-13)15(17)14-2-1-7-18-14/h2-6,8-9H,1,7H2. The fourth-order valence-corrected chi connectivity index (χ4v) is 2.45. The van der Waals surface area contributed by atoms with Crippen molar-refractivity contribution < 1.29 is 9.53 Å². The van der Waals surface area contributed by atoms with Crippen LogP contribution in [0, 0.1) is 0 Å². The van der Waals surface area contributed by atoms with Gasteiger partial charge in [-0.25, -0.2) is 0 Å². The van der Waals surface area contributed by atoms with E-state index in [1.165, 1.54) is 0 Å². The first kappa shape index (κ1) is 11.5. The average molecular weight is 303 g/mol. The number of ketones is 1. The zero-order valence-corrected chi connectivity index (χ0v) is 11.2. The molecule has 0 aliphatic carbocycles. The molecule has 18 heavy (non-hydrogen) atoms. The van der Waals surface area contributed by atoms with Crippen LogP contribution >= 0.6 is 15.9 Å². The van der Waals surface area contributed by atoms with Crippen molar-refractivity contribution in [1.29, 1.82) is 0 Å². The fourth-order valence-electron chi connectivity index (χ4n) is 2.08. The molecule has 2 aromatic carbocycles. The van der Waals surface area contributed by atoms with Crippen LogP contribution in [-0.2, 0) is 4.74 Å². The Morgan fingerprint density at radius 1 is 1.11 bits per heavy atom. The lowest BCUT2D eigenvalue weighted by molar-refractivity contribution is 0.0942. The maximum absolute atomic E-state index is 12.2. The van der Waals surface area contributed by atoms with E-state index in [1.54, 1.807) is 0 Å². The van der Waals surface area contributed by atoms with Gasteiger partial charge in [0.1, 0.15) is 0 Å². The molecule has 1 aliphatic heterocycles. The summed E-state index contributed by atoms with van der Waals surface area (Å²) < 4.78 is 6.34. The Kier molecular flexibility index (Phi) is 2.92. The van der Waals surface area contributed by atoms with Gasteiger partial charge in [0.25, 0.3) is 0 Å².